The van der Waals surface area contributed by atoms with Gasteiger partial charge in [-0.2, -0.15) is 0 Å². The van der Waals surface area contributed by atoms with Gasteiger partial charge in [0.05, 0.1) is 22.7 Å². The van der Waals surface area contributed by atoms with Crippen LogP contribution in [0.5, 0.6) is 0 Å². The van der Waals surface area contributed by atoms with Crippen LogP contribution in [0.4, 0.5) is 72.6 Å². The van der Waals surface area contributed by atoms with Gasteiger partial charge in [0.1, 0.15) is 39.3 Å². The van der Waals surface area contributed by atoms with Gasteiger partial charge in [0.25, 0.3) is 0 Å². The summed E-state index contributed by atoms with van der Waals surface area (Å²) in [5.74, 6) is -0.329. The molecule has 8 nitrogen and oxygen atoms in total. The van der Waals surface area contributed by atoms with Crippen molar-refractivity contribution < 1.29 is 22.1 Å². The molecule has 142 heavy (non-hydrogen) atoms. The molecule has 1 aliphatic rings. The van der Waals surface area contributed by atoms with Crippen LogP contribution in [0, 0.1) is 5.82 Å². The molecule has 0 unspecified atom stereocenters. The van der Waals surface area contributed by atoms with Gasteiger partial charge in [-0.25, -0.2) is 4.39 Å². The molecular weight excluding hydrogens is 1740 g/mol. The van der Waals surface area contributed by atoms with E-state index in [0.717, 1.165) is 227 Å². The zero-order chi connectivity index (χ0) is 94.2. The number of nitrogens with zero attached hydrogens (tertiary/aromatic N) is 4. The maximum absolute atomic E-state index is 17.3. The van der Waals surface area contributed by atoms with E-state index in [1.807, 2.05) is 126 Å². The normalized spacial score (nSPS) is 12.2. The van der Waals surface area contributed by atoms with Crippen molar-refractivity contribution in [1.82, 2.24) is 0 Å². The fourth-order valence-electron chi connectivity index (χ4n) is 22.3. The molecule has 0 spiro atoms. The Labute approximate surface area is 818 Å². The van der Waals surface area contributed by atoms with E-state index in [-0.39, 0.29) is 11.2 Å². The van der Waals surface area contributed by atoms with E-state index in [1.54, 1.807) is 6.07 Å². The van der Waals surface area contributed by atoms with Crippen LogP contribution < -0.4 is 19.6 Å². The first kappa shape index (κ1) is 82.9. The molecular formula is C133H87FN4O4. The van der Waals surface area contributed by atoms with E-state index in [4.69, 9.17) is 17.7 Å². The quantitative estimate of drug-likeness (QED) is 0.0887. The average molecular weight is 1820 g/mol. The van der Waals surface area contributed by atoms with Crippen molar-refractivity contribution in [2.24, 2.45) is 0 Å². The van der Waals surface area contributed by atoms with Gasteiger partial charge in [0, 0.05) is 122 Å². The molecule has 23 aromatic carbocycles. The van der Waals surface area contributed by atoms with Crippen LogP contribution in [0.3, 0.4) is 0 Å². The number of hydrogen-bond acceptors (Lipinski definition) is 8. The van der Waals surface area contributed by atoms with E-state index in [0.29, 0.717) is 5.69 Å². The van der Waals surface area contributed by atoms with Crippen LogP contribution >= 0.6 is 0 Å². The van der Waals surface area contributed by atoms with E-state index < -0.39 is 0 Å². The third-order valence-corrected chi connectivity index (χ3v) is 28.9. The first-order chi connectivity index (χ1) is 70.1. The Kier molecular flexibility index (Phi) is 19.7. The molecule has 0 amide bonds. The van der Waals surface area contributed by atoms with Crippen molar-refractivity contribution in [2.75, 3.05) is 19.6 Å². The summed E-state index contributed by atoms with van der Waals surface area (Å²) >= 11 is 0. The third-order valence-electron chi connectivity index (χ3n) is 28.9. The van der Waals surface area contributed by atoms with Crippen LogP contribution in [0.25, 0.3) is 186 Å². The molecule has 670 valence electrons. The molecule has 28 rings (SSSR count). The predicted octanol–water partition coefficient (Wildman–Crippen LogP) is 38.6. The van der Waals surface area contributed by atoms with E-state index in [2.05, 4.69) is 393 Å². The van der Waals surface area contributed by atoms with Gasteiger partial charge < -0.3 is 37.3 Å². The van der Waals surface area contributed by atoms with Crippen LogP contribution in [0.2, 0.25) is 0 Å². The second kappa shape index (κ2) is 33.7. The maximum Gasteiger partial charge on any atom is 0.159 e. The summed E-state index contributed by atoms with van der Waals surface area (Å²) in [4.78, 5) is 8.94. The summed E-state index contributed by atoms with van der Waals surface area (Å²) in [6, 6.07) is 172. The Morgan fingerprint density at radius 3 is 1.01 bits per heavy atom. The lowest BCUT2D eigenvalue weighted by molar-refractivity contribution is 0.629. The number of halogens is 1. The average Bonchev–Trinajstić information content (AvgIpc) is 1.55. The standard InChI is InChI=1S/C68H43FN2O2.C65H44N2O2/c69-61-42-48(44-18-5-1-6-19-44)41-59(46-20-7-2-8-21-46)66(61)71(50-24-11-4-12-25-50)52-37-39-58-64(43-52)73-68-57-38-34-47(40-60(57)53-26-13-14-28-55(53)65(58)68)45-32-35-51(36-33-45)70(49-22-9-3-10-23-49)62-30-17-29-56-54-27-15-16-31-63(54)72-67(56)62;1-65(2)57-25-13-11-21-49(57)50-36-33-46(39-58(50)65)66(43-16-5-3-6-17-43)47-34-37-55-61(40-47)69-64-54-35-30-42(38-56(54)48-20-9-10-23-52(48)62(55)64)41-28-31-45(32-29-41)67(44-18-7-4-8-19-44)59-26-15-24-53-51-22-12-14-27-60(51)68-63(53)59/h1-43H;3-40H,1-2H3. The summed E-state index contributed by atoms with van der Waals surface area (Å²) in [6.45, 7) is 4.68. The molecule has 0 fully saturated rings. The second-order valence-corrected chi connectivity index (χ2v) is 37.4. The van der Waals surface area contributed by atoms with Gasteiger partial charge in [-0.05, 0) is 263 Å². The zero-order valence-corrected chi connectivity index (χ0v) is 77.6. The number of anilines is 12. The zero-order valence-electron chi connectivity index (χ0n) is 77.6. The first-order valence-corrected chi connectivity index (χ1v) is 48.3. The topological polar surface area (TPSA) is 65.5 Å². The highest BCUT2D eigenvalue weighted by molar-refractivity contribution is 6.32. The highest BCUT2D eigenvalue weighted by Gasteiger charge is 2.37. The Bertz CT molecular complexity index is 9660. The lowest BCUT2D eigenvalue weighted by Gasteiger charge is -2.28. The monoisotopic (exact) mass is 1820 g/mol. The van der Waals surface area contributed by atoms with Gasteiger partial charge in [0.2, 0.25) is 0 Å². The fraction of sp³-hybridized carbons (Fsp3) is 0.0226. The second-order valence-electron chi connectivity index (χ2n) is 37.4. The van der Waals surface area contributed by atoms with E-state index in [9.17, 15) is 0 Å². The number of fused-ring (bicyclic) bond motifs is 25. The Balaban J connectivity index is 0.000000142. The molecule has 27 aromatic rings. The number of para-hydroxylation sites is 8. The highest BCUT2D eigenvalue weighted by Crippen LogP contribution is 2.55. The minimum absolute atomic E-state index is 0.117. The number of hydrogen-bond donors (Lipinski definition) is 0. The van der Waals surface area contributed by atoms with Crippen LogP contribution in [-0.2, 0) is 5.41 Å². The van der Waals surface area contributed by atoms with Crippen molar-refractivity contribution in [2.45, 2.75) is 19.3 Å². The number of rotatable bonds is 16. The number of furan rings is 4. The summed E-state index contributed by atoms with van der Waals surface area (Å²) in [5, 5.41) is 17.7. The highest BCUT2D eigenvalue weighted by atomic mass is 19.1. The van der Waals surface area contributed by atoms with Crippen molar-refractivity contribution in [3.05, 3.63) is 508 Å². The van der Waals surface area contributed by atoms with Gasteiger partial charge in [-0.3, -0.25) is 0 Å². The lowest BCUT2D eigenvalue weighted by atomic mass is 9.82. The molecule has 0 N–H and O–H groups in total. The van der Waals surface area contributed by atoms with E-state index >= 15 is 4.39 Å². The van der Waals surface area contributed by atoms with Gasteiger partial charge in [-0.1, -0.05) is 323 Å². The molecule has 0 atom stereocenters. The van der Waals surface area contributed by atoms with Crippen LogP contribution in [-0.4, -0.2) is 0 Å². The van der Waals surface area contributed by atoms with Crippen molar-refractivity contribution in [1.29, 1.82) is 0 Å². The Morgan fingerprint density at radius 1 is 0.183 bits per heavy atom. The molecule has 0 aliphatic heterocycles. The first-order valence-electron chi connectivity index (χ1n) is 48.3. The third kappa shape index (κ3) is 13.8. The molecule has 0 saturated heterocycles. The van der Waals surface area contributed by atoms with Crippen LogP contribution in [0.1, 0.15) is 25.0 Å². The SMILES string of the molecule is CC1(C)c2ccccc2-c2ccc(N(c3ccccc3)c3ccc4c(c3)oc3c5ccc(-c6ccc(N(c7ccccc7)c7cccc8c7oc7ccccc78)cc6)cc5c5ccccc5c43)cc21.Fc1cc(-c2ccccc2)cc(-c2ccccc2)c1N(c1ccccc1)c1ccc2c(c1)oc1c3ccc(-c4ccc(N(c5ccccc5)c5cccc6c5oc5ccccc56)cc4)cc3c3ccccc3c21. The summed E-state index contributed by atoms with van der Waals surface area (Å²) in [5.41, 5.74) is 31.3. The minimum Gasteiger partial charge on any atom is -0.455 e. The van der Waals surface area contributed by atoms with Crippen LogP contribution in [0.15, 0.2) is 509 Å². The van der Waals surface area contributed by atoms with Crippen molar-refractivity contribution >= 4 is 199 Å². The molecule has 4 aromatic heterocycles. The van der Waals surface area contributed by atoms with Gasteiger partial charge in [-0.15, -0.1) is 0 Å². The maximum atomic E-state index is 17.3. The van der Waals surface area contributed by atoms with Gasteiger partial charge in [0.15, 0.2) is 11.2 Å². The Morgan fingerprint density at radius 2 is 0.521 bits per heavy atom. The molecule has 0 bridgehead atoms. The molecule has 0 saturated carbocycles. The largest absolute Gasteiger partial charge is 0.455 e. The summed E-state index contributed by atoms with van der Waals surface area (Å²) in [6.07, 6.45) is 0. The minimum atomic E-state index is -0.329. The summed E-state index contributed by atoms with van der Waals surface area (Å²) < 4.78 is 44.5. The Hall–Kier alpha value is -18.6. The summed E-state index contributed by atoms with van der Waals surface area (Å²) in [7, 11) is 0. The smallest absolute Gasteiger partial charge is 0.159 e. The predicted molar refractivity (Wildman–Crippen MR) is 590 cm³/mol. The van der Waals surface area contributed by atoms with Crippen molar-refractivity contribution in [3.8, 4) is 55.6 Å². The molecule has 0 radical (unpaired) electrons. The molecule has 1 aliphatic carbocycles. The lowest BCUT2D eigenvalue weighted by Crippen LogP contribution is -2.16. The van der Waals surface area contributed by atoms with E-state index in [1.165, 1.54) is 33.0 Å². The fourth-order valence-corrected chi connectivity index (χ4v) is 22.3. The van der Waals surface area contributed by atoms with Crippen molar-refractivity contribution in [3.63, 3.8) is 0 Å². The molecule has 9 heteroatoms. The molecule has 4 heterocycles. The van der Waals surface area contributed by atoms with Gasteiger partial charge >= 0.3 is 0 Å². The number of benzene rings is 23.